The maximum Gasteiger partial charge on any atom is 0.268 e. The third-order valence-corrected chi connectivity index (χ3v) is 8.80. The summed E-state index contributed by atoms with van der Waals surface area (Å²) in [6, 6.07) is -0.820. The number of hydrogen-bond donors (Lipinski definition) is 2. The third kappa shape index (κ3) is 32.8. The van der Waals surface area contributed by atoms with E-state index in [0.29, 0.717) is 30.3 Å². The van der Waals surface area contributed by atoms with Gasteiger partial charge in [0.05, 0.1) is 39.9 Å². The molecule has 0 saturated heterocycles. The lowest BCUT2D eigenvalue weighted by atomic mass is 10.0. The van der Waals surface area contributed by atoms with Gasteiger partial charge in [-0.3, -0.25) is 9.36 Å². The zero-order valence-corrected chi connectivity index (χ0v) is 31.6. The van der Waals surface area contributed by atoms with Crippen LogP contribution in [0.25, 0.3) is 0 Å². The van der Waals surface area contributed by atoms with Gasteiger partial charge in [-0.2, -0.15) is 0 Å². The van der Waals surface area contributed by atoms with Crippen molar-refractivity contribution < 1.29 is 32.9 Å². The van der Waals surface area contributed by atoms with Crippen LogP contribution in [0.15, 0.2) is 48.6 Å². The minimum Gasteiger partial charge on any atom is -0.756 e. The highest BCUT2D eigenvalue weighted by atomic mass is 31.2. The van der Waals surface area contributed by atoms with Gasteiger partial charge in [0.1, 0.15) is 13.2 Å². The Kier molecular flexibility index (Phi) is 29.5. The van der Waals surface area contributed by atoms with Crippen LogP contribution in [0.2, 0.25) is 0 Å². The number of quaternary nitrogens is 1. The van der Waals surface area contributed by atoms with Crippen LogP contribution in [0, 0.1) is 0 Å². The van der Waals surface area contributed by atoms with Crippen LogP contribution < -0.4 is 10.2 Å². The van der Waals surface area contributed by atoms with E-state index in [1.807, 2.05) is 21.1 Å². The Hall–Kier alpha value is -1.54. The van der Waals surface area contributed by atoms with Gasteiger partial charge >= 0.3 is 0 Å². The molecule has 9 heteroatoms. The van der Waals surface area contributed by atoms with E-state index in [1.165, 1.54) is 44.9 Å². The number of amides is 1. The number of phosphoric ester groups is 1. The molecule has 0 aromatic heterocycles. The Morgan fingerprint density at radius 2 is 1.30 bits per heavy atom. The number of hydrogen-bond acceptors (Lipinski definition) is 6. The molecule has 0 aliphatic heterocycles. The minimum atomic E-state index is -4.56. The van der Waals surface area contributed by atoms with Gasteiger partial charge in [0.2, 0.25) is 5.91 Å². The van der Waals surface area contributed by atoms with Gasteiger partial charge in [0.15, 0.2) is 0 Å². The van der Waals surface area contributed by atoms with E-state index in [1.54, 1.807) is 0 Å². The molecule has 0 aromatic carbocycles. The first kappa shape index (κ1) is 45.5. The molecule has 0 saturated carbocycles. The van der Waals surface area contributed by atoms with Crippen LogP contribution in [0.1, 0.15) is 136 Å². The van der Waals surface area contributed by atoms with Crippen molar-refractivity contribution in [3.63, 3.8) is 0 Å². The predicted octanol–water partition coefficient (Wildman–Crippen LogP) is 8.72. The number of aliphatic hydroxyl groups excluding tert-OH is 1. The second-order valence-electron chi connectivity index (χ2n) is 13.5. The molecule has 0 spiro atoms. The highest BCUT2D eigenvalue weighted by molar-refractivity contribution is 7.45. The number of nitrogens with one attached hydrogen (secondary N) is 1. The number of likely N-dealkylation sites (N-methyl/N-ethyl adjacent to an activating group) is 1. The summed E-state index contributed by atoms with van der Waals surface area (Å²) < 4.78 is 23.1. The Bertz CT molecular complexity index is 912. The van der Waals surface area contributed by atoms with Crippen LogP contribution >= 0.6 is 7.82 Å². The van der Waals surface area contributed by atoms with Crippen molar-refractivity contribution >= 4 is 13.7 Å². The number of phosphoric acid groups is 1. The van der Waals surface area contributed by atoms with Crippen molar-refractivity contribution in [2.24, 2.45) is 0 Å². The Labute approximate surface area is 289 Å². The summed E-state index contributed by atoms with van der Waals surface area (Å²) in [4.78, 5) is 25.1. The van der Waals surface area contributed by atoms with Crippen LogP contribution in [0.3, 0.4) is 0 Å². The van der Waals surface area contributed by atoms with Crippen molar-refractivity contribution in [2.45, 2.75) is 148 Å². The summed E-state index contributed by atoms with van der Waals surface area (Å²) >= 11 is 0. The molecule has 0 bridgehead atoms. The molecule has 3 atom stereocenters. The van der Waals surface area contributed by atoms with Crippen LogP contribution in [-0.4, -0.2) is 68.5 Å². The quantitative estimate of drug-likeness (QED) is 0.0318. The number of allylic oxidation sites excluding steroid dienone is 8. The average Bonchev–Trinajstić information content (AvgIpc) is 3.01. The van der Waals surface area contributed by atoms with Crippen molar-refractivity contribution in [3.8, 4) is 0 Å². The van der Waals surface area contributed by atoms with E-state index in [4.69, 9.17) is 9.05 Å². The Morgan fingerprint density at radius 1 is 0.766 bits per heavy atom. The largest absolute Gasteiger partial charge is 0.756 e. The third-order valence-electron chi connectivity index (χ3n) is 7.83. The minimum absolute atomic E-state index is 0.00172. The van der Waals surface area contributed by atoms with Gasteiger partial charge in [0, 0.05) is 6.42 Å². The number of nitrogens with zero attached hydrogens (tertiary/aromatic N) is 1. The number of unbranched alkanes of at least 4 members (excludes halogenated alkanes) is 11. The molecule has 274 valence electrons. The smallest absolute Gasteiger partial charge is 0.268 e. The normalized spacial score (nSPS) is 15.3. The number of carbonyl (C=O) groups excluding carboxylic acids is 1. The lowest BCUT2D eigenvalue weighted by Crippen LogP contribution is -2.46. The molecule has 0 fully saturated rings. The first-order valence-corrected chi connectivity index (χ1v) is 19.9. The number of rotatable bonds is 32. The Balaban J connectivity index is 4.57. The van der Waals surface area contributed by atoms with Gasteiger partial charge in [0.25, 0.3) is 7.82 Å². The van der Waals surface area contributed by atoms with Gasteiger partial charge in [-0.05, 0) is 51.4 Å². The molecule has 8 nitrogen and oxygen atoms in total. The fourth-order valence-electron chi connectivity index (χ4n) is 4.85. The van der Waals surface area contributed by atoms with E-state index in [0.717, 1.165) is 57.8 Å². The van der Waals surface area contributed by atoms with E-state index in [9.17, 15) is 19.4 Å². The zero-order valence-electron chi connectivity index (χ0n) is 30.7. The lowest BCUT2D eigenvalue weighted by molar-refractivity contribution is -0.870. The molecule has 0 heterocycles. The summed E-state index contributed by atoms with van der Waals surface area (Å²) in [7, 11) is 1.26. The molecule has 0 radical (unpaired) electrons. The molecular formula is C38H71N2O6P. The van der Waals surface area contributed by atoms with E-state index >= 15 is 0 Å². The van der Waals surface area contributed by atoms with E-state index in [2.05, 4.69) is 67.8 Å². The van der Waals surface area contributed by atoms with Crippen molar-refractivity contribution in [3.05, 3.63) is 48.6 Å². The van der Waals surface area contributed by atoms with Crippen molar-refractivity contribution in [1.82, 2.24) is 5.32 Å². The number of carbonyl (C=O) groups is 1. The van der Waals surface area contributed by atoms with E-state index in [-0.39, 0.29) is 19.1 Å². The monoisotopic (exact) mass is 683 g/mol. The molecule has 0 aliphatic rings. The molecule has 1 amide bonds. The second-order valence-corrected chi connectivity index (χ2v) is 15.0. The highest BCUT2D eigenvalue weighted by Gasteiger charge is 2.24. The lowest BCUT2D eigenvalue weighted by Gasteiger charge is -2.30. The fourth-order valence-corrected chi connectivity index (χ4v) is 5.57. The molecule has 47 heavy (non-hydrogen) atoms. The van der Waals surface area contributed by atoms with Gasteiger partial charge in [-0.15, -0.1) is 0 Å². The maximum atomic E-state index is 12.7. The van der Waals surface area contributed by atoms with Crippen LogP contribution in [0.4, 0.5) is 0 Å². The second kappa shape index (κ2) is 30.5. The van der Waals surface area contributed by atoms with Gasteiger partial charge in [-0.1, -0.05) is 127 Å². The van der Waals surface area contributed by atoms with Gasteiger partial charge in [-0.25, -0.2) is 0 Å². The maximum absolute atomic E-state index is 12.7. The first-order chi connectivity index (χ1) is 22.5. The van der Waals surface area contributed by atoms with E-state index < -0.39 is 20.0 Å². The summed E-state index contributed by atoms with van der Waals surface area (Å²) in [5, 5.41) is 13.7. The topological polar surface area (TPSA) is 108 Å². The Morgan fingerprint density at radius 3 is 1.85 bits per heavy atom. The summed E-state index contributed by atoms with van der Waals surface area (Å²) in [6.45, 7) is 4.52. The molecular weight excluding hydrogens is 611 g/mol. The average molecular weight is 683 g/mol. The van der Waals surface area contributed by atoms with Crippen molar-refractivity contribution in [1.29, 1.82) is 0 Å². The summed E-state index contributed by atoms with van der Waals surface area (Å²) in [5.41, 5.74) is 0. The standard InChI is InChI=1S/C38H71N2O6P/c1-6-8-10-12-14-16-18-19-20-21-22-24-26-28-30-32-38(42)39-36(35-46-47(43,44)45-34-33-40(3,4)5)37(41)31-29-27-25-23-17-15-13-11-9-7-2/h8,10,14,16,19-20,22,24,36-37,41H,6-7,9,11-13,15,17-18,21,23,25-35H2,1-5H3,(H-,39,42,43,44)/b10-8-,16-14-,20-19-,24-22-. The summed E-state index contributed by atoms with van der Waals surface area (Å²) in [6.07, 6.45) is 35.4. The molecule has 3 unspecified atom stereocenters. The highest BCUT2D eigenvalue weighted by Crippen LogP contribution is 2.38. The molecule has 2 N–H and O–H groups in total. The zero-order chi connectivity index (χ0) is 35.1. The van der Waals surface area contributed by atoms with Gasteiger partial charge < -0.3 is 28.8 Å². The molecule has 0 aliphatic carbocycles. The van der Waals surface area contributed by atoms with Crippen LogP contribution in [-0.2, 0) is 18.4 Å². The predicted molar refractivity (Wildman–Crippen MR) is 196 cm³/mol. The van der Waals surface area contributed by atoms with Crippen molar-refractivity contribution in [2.75, 3.05) is 40.9 Å². The van der Waals surface area contributed by atoms with Crippen LogP contribution in [0.5, 0.6) is 0 Å². The molecule has 0 rings (SSSR count). The summed E-state index contributed by atoms with van der Waals surface area (Å²) in [5.74, 6) is -0.211. The number of aliphatic hydroxyl groups is 1. The fraction of sp³-hybridized carbons (Fsp3) is 0.763. The first-order valence-electron chi connectivity index (χ1n) is 18.5. The SMILES string of the molecule is CC/C=C\C/C=C\C/C=C\C/C=C\CCCCC(=O)NC(COP(=O)([O-])OCC[N+](C)(C)C)C(O)CCCCCCCCCCCC. The molecule has 0 aromatic rings.